The molecule has 5 nitrogen and oxygen atoms in total. The van der Waals surface area contributed by atoms with Crippen LogP contribution < -0.4 is 10.9 Å². The van der Waals surface area contributed by atoms with Crippen LogP contribution >= 0.6 is 34.7 Å². The van der Waals surface area contributed by atoms with E-state index in [1.54, 1.807) is 22.0 Å². The number of rotatable bonds is 6. The fourth-order valence-corrected chi connectivity index (χ4v) is 6.05. The molecular weight excluding hydrogens is 450 g/mol. The fourth-order valence-electron chi connectivity index (χ4n) is 3.73. The summed E-state index contributed by atoms with van der Waals surface area (Å²) in [7, 11) is 0. The Morgan fingerprint density at radius 1 is 1.32 bits per heavy atom. The lowest BCUT2D eigenvalue weighted by molar-refractivity contribution is -0.118. The van der Waals surface area contributed by atoms with E-state index in [1.165, 1.54) is 16.6 Å². The first kappa shape index (κ1) is 22.4. The number of amides is 1. The van der Waals surface area contributed by atoms with Crippen molar-refractivity contribution in [1.82, 2.24) is 14.9 Å². The van der Waals surface area contributed by atoms with Gasteiger partial charge in [-0.05, 0) is 61.8 Å². The maximum absolute atomic E-state index is 13.7. The largest absolute Gasteiger partial charge is 0.355 e. The maximum atomic E-state index is 13.7. The van der Waals surface area contributed by atoms with E-state index in [-0.39, 0.29) is 17.2 Å². The number of thiophene rings is 1. The Balaban J connectivity index is 1.80. The molecule has 164 valence electrons. The van der Waals surface area contributed by atoms with Crippen molar-refractivity contribution in [2.75, 3.05) is 12.3 Å². The highest BCUT2D eigenvalue weighted by Crippen LogP contribution is 2.35. The molecule has 1 N–H and O–H groups in total. The van der Waals surface area contributed by atoms with Crippen molar-refractivity contribution in [3.05, 3.63) is 49.6 Å². The fraction of sp³-hybridized carbons (Fsp3) is 0.435. The van der Waals surface area contributed by atoms with Crippen LogP contribution in [0.15, 0.2) is 28.2 Å². The van der Waals surface area contributed by atoms with Gasteiger partial charge >= 0.3 is 0 Å². The number of fused-ring (bicyclic) bond motifs is 3. The van der Waals surface area contributed by atoms with Gasteiger partial charge in [0.15, 0.2) is 5.16 Å². The van der Waals surface area contributed by atoms with Gasteiger partial charge < -0.3 is 5.32 Å². The smallest absolute Gasteiger partial charge is 0.267 e. The Kier molecular flexibility index (Phi) is 6.74. The quantitative estimate of drug-likeness (QED) is 0.395. The highest BCUT2D eigenvalue weighted by atomic mass is 35.5. The van der Waals surface area contributed by atoms with Crippen LogP contribution in [0.5, 0.6) is 0 Å². The summed E-state index contributed by atoms with van der Waals surface area (Å²) in [6.45, 7) is 6.67. The predicted molar refractivity (Wildman–Crippen MR) is 130 cm³/mol. The first-order chi connectivity index (χ1) is 14.8. The number of thioether (sulfide) groups is 1. The number of benzene rings is 1. The summed E-state index contributed by atoms with van der Waals surface area (Å²) in [6.07, 6.45) is 4.18. The van der Waals surface area contributed by atoms with E-state index in [0.29, 0.717) is 28.3 Å². The summed E-state index contributed by atoms with van der Waals surface area (Å²) in [5, 5.41) is 4.78. The van der Waals surface area contributed by atoms with Gasteiger partial charge in [-0.3, -0.25) is 14.2 Å². The van der Waals surface area contributed by atoms with Gasteiger partial charge in [0, 0.05) is 16.4 Å². The normalized spacial score (nSPS) is 13.6. The molecule has 0 bridgehead atoms. The summed E-state index contributed by atoms with van der Waals surface area (Å²) < 4.78 is 1.62. The molecule has 0 fully saturated rings. The molecule has 3 aromatic rings. The van der Waals surface area contributed by atoms with Crippen molar-refractivity contribution in [3.63, 3.8) is 0 Å². The number of nitrogens with one attached hydrogen (secondary N) is 1. The third-order valence-corrected chi connectivity index (χ3v) is 7.94. The van der Waals surface area contributed by atoms with Gasteiger partial charge in [0.2, 0.25) is 5.91 Å². The number of aromatic nitrogens is 2. The molecule has 1 aromatic carbocycles. The van der Waals surface area contributed by atoms with E-state index in [4.69, 9.17) is 16.6 Å². The molecule has 0 radical (unpaired) electrons. The standard InChI is InChI=1S/C23H26ClN3O2S2/c1-13(2)11-25-19(28)12-30-23-26-21-20(16-6-4-5-7-18(16)31-21)22(29)27(23)15-9-8-14(3)17(24)10-15/h8-10,13H,4-7,11-12H2,1-3H3,(H,25,28). The molecule has 0 saturated carbocycles. The Morgan fingerprint density at radius 3 is 2.84 bits per heavy atom. The molecule has 1 aliphatic rings. The van der Waals surface area contributed by atoms with E-state index >= 15 is 0 Å². The summed E-state index contributed by atoms with van der Waals surface area (Å²) in [6, 6.07) is 5.59. The van der Waals surface area contributed by atoms with Gasteiger partial charge in [-0.15, -0.1) is 11.3 Å². The van der Waals surface area contributed by atoms with Crippen molar-refractivity contribution in [2.24, 2.45) is 5.92 Å². The Morgan fingerprint density at radius 2 is 2.10 bits per heavy atom. The molecular formula is C23H26ClN3O2S2. The van der Waals surface area contributed by atoms with Crippen LogP contribution in [0.3, 0.4) is 0 Å². The predicted octanol–water partition coefficient (Wildman–Crippen LogP) is 5.15. The molecule has 0 saturated heterocycles. The van der Waals surface area contributed by atoms with Gasteiger partial charge in [0.25, 0.3) is 5.56 Å². The monoisotopic (exact) mass is 475 g/mol. The lowest BCUT2D eigenvalue weighted by Gasteiger charge is -2.14. The van der Waals surface area contributed by atoms with Crippen molar-refractivity contribution in [2.45, 2.75) is 51.6 Å². The molecule has 8 heteroatoms. The topological polar surface area (TPSA) is 64.0 Å². The van der Waals surface area contributed by atoms with E-state index in [9.17, 15) is 9.59 Å². The second kappa shape index (κ2) is 9.35. The number of carbonyl (C=O) groups is 1. The molecule has 0 aliphatic heterocycles. The average molecular weight is 476 g/mol. The maximum Gasteiger partial charge on any atom is 0.267 e. The van der Waals surface area contributed by atoms with Gasteiger partial charge in [-0.2, -0.15) is 0 Å². The molecule has 0 unspecified atom stereocenters. The van der Waals surface area contributed by atoms with Gasteiger partial charge in [-0.1, -0.05) is 43.3 Å². The molecule has 0 atom stereocenters. The zero-order chi connectivity index (χ0) is 22.1. The van der Waals surface area contributed by atoms with E-state index < -0.39 is 0 Å². The zero-order valence-corrected chi connectivity index (χ0v) is 20.3. The van der Waals surface area contributed by atoms with Crippen LogP contribution in [-0.2, 0) is 17.6 Å². The second-order valence-electron chi connectivity index (χ2n) is 8.35. The molecule has 0 spiro atoms. The first-order valence-corrected chi connectivity index (χ1v) is 12.8. The molecule has 2 heterocycles. The molecule has 31 heavy (non-hydrogen) atoms. The number of aryl methyl sites for hydroxylation is 3. The van der Waals surface area contributed by atoms with Crippen molar-refractivity contribution >= 4 is 50.8 Å². The lowest BCUT2D eigenvalue weighted by atomic mass is 9.97. The first-order valence-electron chi connectivity index (χ1n) is 10.6. The summed E-state index contributed by atoms with van der Waals surface area (Å²) in [5.74, 6) is 0.524. The van der Waals surface area contributed by atoms with Crippen LogP contribution in [0.2, 0.25) is 5.02 Å². The van der Waals surface area contributed by atoms with E-state index in [2.05, 4.69) is 19.2 Å². The van der Waals surface area contributed by atoms with Crippen LogP contribution in [-0.4, -0.2) is 27.8 Å². The summed E-state index contributed by atoms with van der Waals surface area (Å²) in [4.78, 5) is 32.9. The highest BCUT2D eigenvalue weighted by molar-refractivity contribution is 7.99. The number of hydrogen-bond acceptors (Lipinski definition) is 5. The minimum atomic E-state index is -0.0746. The second-order valence-corrected chi connectivity index (χ2v) is 10.8. The van der Waals surface area contributed by atoms with Crippen LogP contribution in [0, 0.1) is 12.8 Å². The highest BCUT2D eigenvalue weighted by Gasteiger charge is 2.23. The van der Waals surface area contributed by atoms with Crippen LogP contribution in [0.4, 0.5) is 0 Å². The third-order valence-electron chi connectivity index (χ3n) is 5.41. The number of carbonyl (C=O) groups excluding carboxylic acids is 1. The van der Waals surface area contributed by atoms with Crippen LogP contribution in [0.1, 0.15) is 42.7 Å². The molecule has 2 aromatic heterocycles. The molecule has 1 aliphatic carbocycles. The summed E-state index contributed by atoms with van der Waals surface area (Å²) in [5.41, 5.74) is 2.70. The lowest BCUT2D eigenvalue weighted by Crippen LogP contribution is -2.29. The molecule has 4 rings (SSSR count). The minimum absolute atomic E-state index is 0.0630. The number of halogens is 1. The van der Waals surface area contributed by atoms with Crippen molar-refractivity contribution in [1.29, 1.82) is 0 Å². The number of nitrogens with zero attached hydrogens (tertiary/aromatic N) is 2. The van der Waals surface area contributed by atoms with Gasteiger partial charge in [-0.25, -0.2) is 4.98 Å². The van der Waals surface area contributed by atoms with Gasteiger partial charge in [0.05, 0.1) is 16.8 Å². The Bertz CT molecular complexity index is 1200. The van der Waals surface area contributed by atoms with E-state index in [1.807, 2.05) is 19.1 Å². The zero-order valence-electron chi connectivity index (χ0n) is 18.0. The summed E-state index contributed by atoms with van der Waals surface area (Å²) >= 11 is 9.29. The van der Waals surface area contributed by atoms with Crippen molar-refractivity contribution in [3.8, 4) is 5.69 Å². The van der Waals surface area contributed by atoms with Crippen LogP contribution in [0.25, 0.3) is 15.9 Å². The Labute approximate surface area is 195 Å². The Hall–Kier alpha value is -1.83. The molecule has 1 amide bonds. The minimum Gasteiger partial charge on any atom is -0.355 e. The van der Waals surface area contributed by atoms with Gasteiger partial charge in [0.1, 0.15) is 4.83 Å². The third kappa shape index (κ3) is 4.69. The number of hydrogen-bond donors (Lipinski definition) is 1. The van der Waals surface area contributed by atoms with Crippen molar-refractivity contribution < 1.29 is 4.79 Å². The average Bonchev–Trinajstić information content (AvgIpc) is 3.11. The van der Waals surface area contributed by atoms with E-state index in [0.717, 1.165) is 47.0 Å². The SMILES string of the molecule is Cc1ccc(-n2c(SCC(=O)NCC(C)C)nc3sc4c(c3c2=O)CCCC4)cc1Cl.